The van der Waals surface area contributed by atoms with Gasteiger partial charge >= 0.3 is 0 Å². The van der Waals surface area contributed by atoms with Crippen molar-refractivity contribution in [1.82, 2.24) is 15.3 Å². The quantitative estimate of drug-likeness (QED) is 0.762. The fraction of sp³-hybridized carbons (Fsp3) is 0.0556. The monoisotopic (exact) mass is 367 g/mol. The molecule has 0 atom stereocenters. The summed E-state index contributed by atoms with van der Waals surface area (Å²) in [6.45, 7) is 0.423. The summed E-state index contributed by atoms with van der Waals surface area (Å²) in [5.74, 6) is -0.113. The molecule has 0 fully saturated rings. The first-order valence-electron chi connectivity index (χ1n) is 7.10. The van der Waals surface area contributed by atoms with Crippen molar-refractivity contribution in [3.05, 3.63) is 82.9 Å². The molecule has 1 amide bonds. The van der Waals surface area contributed by atoms with Crippen molar-refractivity contribution in [1.29, 1.82) is 0 Å². The predicted octanol–water partition coefficient (Wildman–Crippen LogP) is 3.84. The summed E-state index contributed by atoms with van der Waals surface area (Å²) < 4.78 is 0.880. The first-order chi connectivity index (χ1) is 11.2. The van der Waals surface area contributed by atoms with E-state index in [-0.39, 0.29) is 5.91 Å². The molecule has 4 nitrogen and oxygen atoms in total. The zero-order valence-corrected chi connectivity index (χ0v) is 13.8. The molecule has 23 heavy (non-hydrogen) atoms. The van der Waals surface area contributed by atoms with Gasteiger partial charge in [0.05, 0.1) is 0 Å². The Hall–Kier alpha value is -2.53. The van der Waals surface area contributed by atoms with Crippen LogP contribution in [0.2, 0.25) is 0 Å². The summed E-state index contributed by atoms with van der Waals surface area (Å²) in [7, 11) is 0. The van der Waals surface area contributed by atoms with Gasteiger partial charge in [-0.1, -0.05) is 28.1 Å². The van der Waals surface area contributed by atoms with E-state index >= 15 is 0 Å². The molecule has 5 heteroatoms. The third-order valence-corrected chi connectivity index (χ3v) is 3.82. The second kappa shape index (κ2) is 7.15. The van der Waals surface area contributed by atoms with E-state index in [1.165, 1.54) is 0 Å². The lowest BCUT2D eigenvalue weighted by Gasteiger charge is -2.07. The van der Waals surface area contributed by atoms with Crippen molar-refractivity contribution < 1.29 is 4.79 Å². The third kappa shape index (κ3) is 4.02. The lowest BCUT2D eigenvalue weighted by atomic mass is 10.1. The number of nitrogens with zero attached hydrogens (tertiary/aromatic N) is 2. The number of carbonyl (C=O) groups is 1. The molecule has 3 rings (SSSR count). The molecule has 0 aliphatic heterocycles. The highest BCUT2D eigenvalue weighted by atomic mass is 79.9. The van der Waals surface area contributed by atoms with E-state index in [1.807, 2.05) is 30.3 Å². The average Bonchev–Trinajstić information content (AvgIpc) is 2.61. The first kappa shape index (κ1) is 15.4. The van der Waals surface area contributed by atoms with E-state index < -0.39 is 0 Å². The van der Waals surface area contributed by atoms with Gasteiger partial charge in [0.15, 0.2) is 0 Å². The Bertz CT molecular complexity index is 821. The Labute approximate surface area is 142 Å². The van der Waals surface area contributed by atoms with Gasteiger partial charge in [0.25, 0.3) is 5.91 Å². The maximum Gasteiger partial charge on any atom is 0.251 e. The van der Waals surface area contributed by atoms with Gasteiger partial charge in [0.2, 0.25) is 0 Å². The molecule has 1 N–H and O–H groups in total. The van der Waals surface area contributed by atoms with Gasteiger partial charge in [0, 0.05) is 52.5 Å². The molecule has 0 saturated carbocycles. The van der Waals surface area contributed by atoms with Crippen LogP contribution in [0.4, 0.5) is 0 Å². The number of amides is 1. The van der Waals surface area contributed by atoms with E-state index in [1.54, 1.807) is 36.9 Å². The Morgan fingerprint density at radius 1 is 1.00 bits per heavy atom. The smallest absolute Gasteiger partial charge is 0.251 e. The Balaban J connectivity index is 1.70. The summed E-state index contributed by atoms with van der Waals surface area (Å²) >= 11 is 3.37. The van der Waals surface area contributed by atoms with E-state index in [0.717, 1.165) is 21.2 Å². The molecule has 2 aromatic heterocycles. The van der Waals surface area contributed by atoms with Crippen LogP contribution in [0.5, 0.6) is 0 Å². The van der Waals surface area contributed by atoms with E-state index in [0.29, 0.717) is 12.1 Å². The summed E-state index contributed by atoms with van der Waals surface area (Å²) in [6, 6.07) is 13.2. The zero-order chi connectivity index (χ0) is 16.1. The van der Waals surface area contributed by atoms with E-state index in [9.17, 15) is 4.79 Å². The predicted molar refractivity (Wildman–Crippen MR) is 92.8 cm³/mol. The van der Waals surface area contributed by atoms with Crippen LogP contribution in [0, 0.1) is 0 Å². The van der Waals surface area contributed by atoms with Gasteiger partial charge < -0.3 is 5.32 Å². The van der Waals surface area contributed by atoms with Crippen LogP contribution in [0.1, 0.15) is 15.9 Å². The molecule has 0 bridgehead atoms. The summed E-state index contributed by atoms with van der Waals surface area (Å²) in [5, 5.41) is 2.91. The highest BCUT2D eigenvalue weighted by molar-refractivity contribution is 9.10. The molecule has 0 saturated heterocycles. The second-order valence-electron chi connectivity index (χ2n) is 5.02. The standard InChI is InChI=1S/C18H14BrN3O/c19-17-5-1-3-14(8-17)18(23)22-10-13-7-16(12-21-9-13)15-4-2-6-20-11-15/h1-9,11-12H,10H2,(H,22,23). The highest BCUT2D eigenvalue weighted by Crippen LogP contribution is 2.18. The molecule has 1 aromatic carbocycles. The van der Waals surface area contributed by atoms with Crippen LogP contribution in [0.25, 0.3) is 11.1 Å². The molecule has 0 radical (unpaired) electrons. The van der Waals surface area contributed by atoms with Crippen LogP contribution < -0.4 is 5.32 Å². The van der Waals surface area contributed by atoms with Crippen molar-refractivity contribution in [3.8, 4) is 11.1 Å². The van der Waals surface area contributed by atoms with Crippen LogP contribution in [-0.4, -0.2) is 15.9 Å². The zero-order valence-electron chi connectivity index (χ0n) is 12.2. The number of aromatic nitrogens is 2. The largest absolute Gasteiger partial charge is 0.348 e. The number of hydrogen-bond acceptors (Lipinski definition) is 3. The van der Waals surface area contributed by atoms with Crippen molar-refractivity contribution in [3.63, 3.8) is 0 Å². The van der Waals surface area contributed by atoms with Crippen LogP contribution >= 0.6 is 15.9 Å². The second-order valence-corrected chi connectivity index (χ2v) is 5.93. The minimum Gasteiger partial charge on any atom is -0.348 e. The number of halogens is 1. The number of benzene rings is 1. The molecule has 0 unspecified atom stereocenters. The summed E-state index contributed by atoms with van der Waals surface area (Å²) in [5.41, 5.74) is 3.54. The van der Waals surface area contributed by atoms with Crippen molar-refractivity contribution in [2.24, 2.45) is 0 Å². The molecule has 2 heterocycles. The number of carbonyl (C=O) groups excluding carboxylic acids is 1. The number of nitrogens with one attached hydrogen (secondary N) is 1. The molecule has 0 spiro atoms. The SMILES string of the molecule is O=C(NCc1cncc(-c2cccnc2)c1)c1cccc(Br)c1. The minimum atomic E-state index is -0.113. The normalized spacial score (nSPS) is 10.3. The Kier molecular flexibility index (Phi) is 4.78. The van der Waals surface area contributed by atoms with Gasteiger partial charge in [-0.25, -0.2) is 0 Å². The number of rotatable bonds is 4. The fourth-order valence-electron chi connectivity index (χ4n) is 2.19. The maximum atomic E-state index is 12.2. The lowest BCUT2D eigenvalue weighted by molar-refractivity contribution is 0.0951. The van der Waals surface area contributed by atoms with Crippen LogP contribution in [-0.2, 0) is 6.54 Å². The topological polar surface area (TPSA) is 54.9 Å². The third-order valence-electron chi connectivity index (χ3n) is 3.33. The number of hydrogen-bond donors (Lipinski definition) is 1. The van der Waals surface area contributed by atoms with E-state index in [4.69, 9.17) is 0 Å². The maximum absolute atomic E-state index is 12.2. The van der Waals surface area contributed by atoms with Gasteiger partial charge in [-0.05, 0) is 35.9 Å². The lowest BCUT2D eigenvalue weighted by Crippen LogP contribution is -2.22. The molecule has 0 aliphatic carbocycles. The molecule has 3 aromatic rings. The Morgan fingerprint density at radius 2 is 1.87 bits per heavy atom. The van der Waals surface area contributed by atoms with Gasteiger partial charge in [0.1, 0.15) is 0 Å². The highest BCUT2D eigenvalue weighted by Gasteiger charge is 2.06. The summed E-state index contributed by atoms with van der Waals surface area (Å²) in [6.07, 6.45) is 7.07. The summed E-state index contributed by atoms with van der Waals surface area (Å²) in [4.78, 5) is 20.5. The number of pyridine rings is 2. The van der Waals surface area contributed by atoms with Crippen molar-refractivity contribution in [2.75, 3.05) is 0 Å². The Morgan fingerprint density at radius 3 is 2.65 bits per heavy atom. The first-order valence-corrected chi connectivity index (χ1v) is 7.90. The van der Waals surface area contributed by atoms with Crippen LogP contribution in [0.15, 0.2) is 71.7 Å². The van der Waals surface area contributed by atoms with Crippen LogP contribution in [0.3, 0.4) is 0 Å². The van der Waals surface area contributed by atoms with Gasteiger partial charge in [-0.3, -0.25) is 14.8 Å². The minimum absolute atomic E-state index is 0.113. The average molecular weight is 368 g/mol. The van der Waals surface area contributed by atoms with Crippen molar-refractivity contribution >= 4 is 21.8 Å². The molecular weight excluding hydrogens is 354 g/mol. The van der Waals surface area contributed by atoms with Gasteiger partial charge in [-0.2, -0.15) is 0 Å². The van der Waals surface area contributed by atoms with Crippen molar-refractivity contribution in [2.45, 2.75) is 6.54 Å². The molecule has 0 aliphatic rings. The fourth-order valence-corrected chi connectivity index (χ4v) is 2.59. The molecular formula is C18H14BrN3O. The molecule has 114 valence electrons. The van der Waals surface area contributed by atoms with E-state index in [2.05, 4.69) is 31.2 Å². The van der Waals surface area contributed by atoms with Gasteiger partial charge in [-0.15, -0.1) is 0 Å².